The molecule has 3 unspecified atom stereocenters. The highest BCUT2D eigenvalue weighted by molar-refractivity contribution is 5.93. The minimum absolute atomic E-state index is 0.0169. The first-order valence-corrected chi connectivity index (χ1v) is 8.17. The predicted molar refractivity (Wildman–Crippen MR) is 91.0 cm³/mol. The van der Waals surface area contributed by atoms with E-state index in [1.165, 1.54) is 6.92 Å². The van der Waals surface area contributed by atoms with Crippen molar-refractivity contribution in [1.29, 1.82) is 0 Å². The van der Waals surface area contributed by atoms with Crippen LogP contribution in [0.4, 0.5) is 9.59 Å². The molecule has 0 saturated carbocycles. The third-order valence-electron chi connectivity index (χ3n) is 4.13. The van der Waals surface area contributed by atoms with Gasteiger partial charge >= 0.3 is 30.2 Å². The Hall–Kier alpha value is -3.57. The van der Waals surface area contributed by atoms with Gasteiger partial charge in [0.25, 0.3) is 0 Å². The summed E-state index contributed by atoms with van der Waals surface area (Å²) < 4.78 is 18.4. The second kappa shape index (κ2) is 10.1. The smallest absolute Gasteiger partial charge is 0.481 e. The molecule has 2 saturated heterocycles. The number of hydrogen-bond donors (Lipinski definition) is 3. The first kappa shape index (κ1) is 23.5. The zero-order valence-electron chi connectivity index (χ0n) is 15.6. The van der Waals surface area contributed by atoms with Crippen LogP contribution in [0.3, 0.4) is 0 Å². The van der Waals surface area contributed by atoms with Crippen LogP contribution >= 0.6 is 0 Å². The number of aliphatic carboxylic acids is 3. The van der Waals surface area contributed by atoms with Crippen molar-refractivity contribution >= 4 is 30.2 Å². The van der Waals surface area contributed by atoms with E-state index in [9.17, 15) is 24.0 Å². The molecule has 160 valence electrons. The fraction of sp³-hybridized carbons (Fsp3) is 0.471. The third kappa shape index (κ3) is 6.83. The van der Waals surface area contributed by atoms with Gasteiger partial charge in [-0.2, -0.15) is 0 Å². The standard InChI is InChI=1S/C9H10O7.C8H10O5/c1-4(6-3-15-9(14)16-6)5(8(12)13)2-7(10)11;1-4(5(2)7(9)10)6-3-12-8(11)13-6/h6H,2-3H2,1H3,(H,10,11)(H,12,13);4,6H,2-3H2,1H3,(H,9,10). The molecule has 2 heterocycles. The van der Waals surface area contributed by atoms with E-state index in [0.717, 1.165) is 0 Å². The molecule has 2 rings (SSSR count). The second-order valence-electron chi connectivity index (χ2n) is 6.04. The molecular formula is C17H20O12. The van der Waals surface area contributed by atoms with Gasteiger partial charge in [0.15, 0.2) is 6.10 Å². The van der Waals surface area contributed by atoms with Gasteiger partial charge in [0.1, 0.15) is 19.3 Å². The van der Waals surface area contributed by atoms with Crippen LogP contribution in [0.25, 0.3) is 0 Å². The van der Waals surface area contributed by atoms with Crippen LogP contribution in [-0.4, -0.2) is 71.0 Å². The maximum Gasteiger partial charge on any atom is 0.509 e. The summed E-state index contributed by atoms with van der Waals surface area (Å²) in [7, 11) is 0. The number of rotatable bonds is 7. The zero-order chi connectivity index (χ0) is 22.3. The molecular weight excluding hydrogens is 396 g/mol. The minimum atomic E-state index is -1.34. The minimum Gasteiger partial charge on any atom is -0.481 e. The summed E-state index contributed by atoms with van der Waals surface area (Å²) in [5, 5.41) is 26.0. The van der Waals surface area contributed by atoms with E-state index >= 15 is 0 Å². The van der Waals surface area contributed by atoms with Gasteiger partial charge in [-0.05, 0) is 12.5 Å². The van der Waals surface area contributed by atoms with Crippen molar-refractivity contribution in [3.63, 3.8) is 0 Å². The maximum absolute atomic E-state index is 10.8. The lowest BCUT2D eigenvalue weighted by molar-refractivity contribution is -0.139. The molecule has 2 aliphatic rings. The van der Waals surface area contributed by atoms with Gasteiger partial charge in [0.2, 0.25) is 0 Å². The van der Waals surface area contributed by atoms with E-state index < -0.39 is 54.8 Å². The Morgan fingerprint density at radius 1 is 1.03 bits per heavy atom. The summed E-state index contributed by atoms with van der Waals surface area (Å²) in [5.74, 6) is -4.12. The average Bonchev–Trinajstić information content (AvgIpc) is 3.26. The fourth-order valence-corrected chi connectivity index (χ4v) is 2.28. The Bertz CT molecular complexity index is 750. The van der Waals surface area contributed by atoms with Crippen LogP contribution in [0, 0.1) is 5.92 Å². The SMILES string of the molecule is C=C(C(=O)O)C(C)C1COC(=O)O1.CC(=C(CC(=O)O)C(=O)O)C1COC(=O)O1. The quantitative estimate of drug-likeness (QED) is 0.398. The number of ether oxygens (including phenoxy) is 4. The number of carboxylic acid groups (broad SMARTS) is 3. The molecule has 0 radical (unpaired) electrons. The van der Waals surface area contributed by atoms with E-state index in [2.05, 4.69) is 20.8 Å². The van der Waals surface area contributed by atoms with Gasteiger partial charge in [0, 0.05) is 11.5 Å². The molecule has 0 aromatic rings. The molecule has 2 aliphatic heterocycles. The van der Waals surface area contributed by atoms with Gasteiger partial charge in [-0.3, -0.25) is 4.79 Å². The molecule has 12 nitrogen and oxygen atoms in total. The van der Waals surface area contributed by atoms with Crippen LogP contribution in [0.15, 0.2) is 23.3 Å². The largest absolute Gasteiger partial charge is 0.509 e. The van der Waals surface area contributed by atoms with Crippen molar-refractivity contribution in [2.75, 3.05) is 13.2 Å². The lowest BCUT2D eigenvalue weighted by Crippen LogP contribution is -2.24. The van der Waals surface area contributed by atoms with Crippen LogP contribution in [0.1, 0.15) is 20.3 Å². The summed E-state index contributed by atoms with van der Waals surface area (Å²) in [6.07, 6.45) is -3.62. The van der Waals surface area contributed by atoms with Crippen LogP contribution in [0.5, 0.6) is 0 Å². The number of carbonyl (C=O) groups excluding carboxylic acids is 2. The monoisotopic (exact) mass is 416 g/mol. The van der Waals surface area contributed by atoms with Crippen molar-refractivity contribution in [3.05, 3.63) is 23.3 Å². The topological polar surface area (TPSA) is 183 Å². The van der Waals surface area contributed by atoms with Gasteiger partial charge in [0.05, 0.1) is 12.0 Å². The number of carboxylic acids is 3. The van der Waals surface area contributed by atoms with Crippen molar-refractivity contribution in [1.82, 2.24) is 0 Å². The molecule has 2 fully saturated rings. The predicted octanol–water partition coefficient (Wildman–Crippen LogP) is 1.20. The molecule has 0 spiro atoms. The highest BCUT2D eigenvalue weighted by Crippen LogP contribution is 2.21. The van der Waals surface area contributed by atoms with Crippen LogP contribution in [0.2, 0.25) is 0 Å². The fourth-order valence-electron chi connectivity index (χ4n) is 2.28. The van der Waals surface area contributed by atoms with E-state index in [1.807, 2.05) is 0 Å². The Balaban J connectivity index is 0.000000296. The average molecular weight is 416 g/mol. The van der Waals surface area contributed by atoms with Crippen molar-refractivity contribution in [3.8, 4) is 0 Å². The molecule has 0 aromatic heterocycles. The Morgan fingerprint density at radius 2 is 1.59 bits per heavy atom. The second-order valence-corrected chi connectivity index (χ2v) is 6.04. The lowest BCUT2D eigenvalue weighted by Gasteiger charge is -2.14. The highest BCUT2D eigenvalue weighted by Gasteiger charge is 2.33. The summed E-state index contributed by atoms with van der Waals surface area (Å²) in [5.41, 5.74) is -0.0974. The van der Waals surface area contributed by atoms with Crippen molar-refractivity contribution in [2.45, 2.75) is 32.5 Å². The summed E-state index contributed by atoms with van der Waals surface area (Å²) in [6.45, 7) is 6.40. The third-order valence-corrected chi connectivity index (χ3v) is 4.13. The highest BCUT2D eigenvalue weighted by atomic mass is 16.8. The molecule has 0 aliphatic carbocycles. The number of cyclic esters (lactones) is 4. The first-order chi connectivity index (χ1) is 13.4. The summed E-state index contributed by atoms with van der Waals surface area (Å²) in [6, 6.07) is 0. The van der Waals surface area contributed by atoms with Crippen molar-refractivity contribution in [2.24, 2.45) is 5.92 Å². The summed E-state index contributed by atoms with van der Waals surface area (Å²) >= 11 is 0. The van der Waals surface area contributed by atoms with Gasteiger partial charge < -0.3 is 34.3 Å². The van der Waals surface area contributed by atoms with Crippen molar-refractivity contribution < 1.29 is 58.2 Å². The Kier molecular flexibility index (Phi) is 8.18. The Labute approximate surface area is 164 Å². The van der Waals surface area contributed by atoms with Crippen LogP contribution in [-0.2, 0) is 33.3 Å². The molecule has 3 atom stereocenters. The lowest BCUT2D eigenvalue weighted by atomic mass is 9.97. The maximum atomic E-state index is 10.8. The Morgan fingerprint density at radius 3 is 1.97 bits per heavy atom. The zero-order valence-corrected chi connectivity index (χ0v) is 15.6. The van der Waals surface area contributed by atoms with Gasteiger partial charge in [-0.1, -0.05) is 13.5 Å². The number of carbonyl (C=O) groups is 5. The molecule has 0 bridgehead atoms. The summed E-state index contributed by atoms with van der Waals surface area (Å²) in [4.78, 5) is 52.9. The van der Waals surface area contributed by atoms with E-state index in [-0.39, 0.29) is 29.9 Å². The van der Waals surface area contributed by atoms with Gasteiger partial charge in [-0.25, -0.2) is 19.2 Å². The molecule has 0 amide bonds. The van der Waals surface area contributed by atoms with E-state index in [0.29, 0.717) is 0 Å². The van der Waals surface area contributed by atoms with Crippen LogP contribution < -0.4 is 0 Å². The molecule has 3 N–H and O–H groups in total. The normalized spacial score (nSPS) is 21.9. The van der Waals surface area contributed by atoms with E-state index in [4.69, 9.17) is 20.1 Å². The first-order valence-electron chi connectivity index (χ1n) is 8.17. The van der Waals surface area contributed by atoms with E-state index in [1.54, 1.807) is 6.92 Å². The molecule has 29 heavy (non-hydrogen) atoms. The number of hydrogen-bond acceptors (Lipinski definition) is 9. The molecule has 0 aromatic carbocycles. The molecule has 12 heteroatoms. The van der Waals surface area contributed by atoms with Gasteiger partial charge in [-0.15, -0.1) is 0 Å².